The van der Waals surface area contributed by atoms with Crippen LogP contribution in [0.5, 0.6) is 11.5 Å². The van der Waals surface area contributed by atoms with E-state index in [1.165, 1.54) is 11.3 Å². The Hall–Kier alpha value is -1.79. The second-order valence-corrected chi connectivity index (χ2v) is 6.15. The van der Waals surface area contributed by atoms with E-state index < -0.39 is 0 Å². The Labute approximate surface area is 134 Å². The van der Waals surface area contributed by atoms with Crippen molar-refractivity contribution in [1.29, 1.82) is 0 Å². The predicted octanol–water partition coefficient (Wildman–Crippen LogP) is 2.64. The van der Waals surface area contributed by atoms with E-state index in [0.717, 1.165) is 40.5 Å². The molecule has 0 saturated heterocycles. The number of nitrogens with two attached hydrogens (primary N) is 1. The van der Waals surface area contributed by atoms with Crippen molar-refractivity contribution in [2.45, 2.75) is 26.3 Å². The Balaban J connectivity index is 2.54. The summed E-state index contributed by atoms with van der Waals surface area (Å²) in [5.74, 6) is 1.47. The fraction of sp³-hybridized carbons (Fsp3) is 0.438. The number of aryl methyl sites for hydroxylation is 1. The van der Waals surface area contributed by atoms with Gasteiger partial charge < -0.3 is 15.2 Å². The first-order valence-corrected chi connectivity index (χ1v) is 8.06. The molecule has 0 aliphatic carbocycles. The first-order chi connectivity index (χ1) is 10.6. The van der Waals surface area contributed by atoms with E-state index in [4.69, 9.17) is 15.2 Å². The van der Waals surface area contributed by atoms with Crippen molar-refractivity contribution in [1.82, 2.24) is 4.57 Å². The quantitative estimate of drug-likeness (QED) is 0.796. The minimum absolute atomic E-state index is 0.0504. The molecule has 1 heterocycles. The zero-order valence-electron chi connectivity index (χ0n) is 13.2. The summed E-state index contributed by atoms with van der Waals surface area (Å²) in [4.78, 5) is 13.3. The fourth-order valence-electron chi connectivity index (χ4n) is 2.47. The maximum atomic E-state index is 12.3. The highest BCUT2D eigenvalue weighted by atomic mass is 32.1. The minimum Gasteiger partial charge on any atom is -0.497 e. The van der Waals surface area contributed by atoms with Gasteiger partial charge in [-0.15, -0.1) is 0 Å². The summed E-state index contributed by atoms with van der Waals surface area (Å²) in [6, 6.07) is 5.62. The van der Waals surface area contributed by atoms with Crippen molar-refractivity contribution in [3.05, 3.63) is 32.7 Å². The molecular formula is C16H22N2O3S. The van der Waals surface area contributed by atoms with Gasteiger partial charge in [0.2, 0.25) is 0 Å². The second-order valence-electron chi connectivity index (χ2n) is 4.99. The summed E-state index contributed by atoms with van der Waals surface area (Å²) >= 11 is 1.26. The average Bonchev–Trinajstić information content (AvgIpc) is 2.80. The molecule has 6 heteroatoms. The molecule has 0 saturated carbocycles. The van der Waals surface area contributed by atoms with E-state index in [2.05, 4.69) is 0 Å². The van der Waals surface area contributed by atoms with Crippen LogP contribution in [0.15, 0.2) is 23.0 Å². The molecule has 0 amide bonds. The molecule has 2 N–H and O–H groups in total. The molecule has 0 aliphatic heterocycles. The molecule has 0 spiro atoms. The SMILES string of the molecule is COc1ccc(OC)c(-c2c(C)sc(=O)n2CCCCN)c1. The van der Waals surface area contributed by atoms with Crippen LogP contribution in [0.4, 0.5) is 0 Å². The van der Waals surface area contributed by atoms with Crippen molar-refractivity contribution in [3.8, 4) is 22.8 Å². The molecule has 0 aliphatic rings. The van der Waals surface area contributed by atoms with Crippen molar-refractivity contribution in [3.63, 3.8) is 0 Å². The van der Waals surface area contributed by atoms with Crippen LogP contribution in [0.25, 0.3) is 11.3 Å². The third kappa shape index (κ3) is 3.34. The van der Waals surface area contributed by atoms with Gasteiger partial charge in [0.15, 0.2) is 0 Å². The maximum absolute atomic E-state index is 12.3. The van der Waals surface area contributed by atoms with Gasteiger partial charge in [-0.2, -0.15) is 0 Å². The zero-order chi connectivity index (χ0) is 16.1. The first kappa shape index (κ1) is 16.6. The fourth-order valence-corrected chi connectivity index (χ4v) is 3.34. The van der Waals surface area contributed by atoms with Gasteiger partial charge in [-0.25, -0.2) is 0 Å². The van der Waals surface area contributed by atoms with Gasteiger partial charge in [0, 0.05) is 17.0 Å². The van der Waals surface area contributed by atoms with Gasteiger partial charge >= 0.3 is 4.87 Å². The maximum Gasteiger partial charge on any atom is 0.307 e. The van der Waals surface area contributed by atoms with E-state index in [1.54, 1.807) is 14.2 Å². The number of hydrogen-bond acceptors (Lipinski definition) is 5. The third-order valence-corrected chi connectivity index (χ3v) is 4.46. The largest absolute Gasteiger partial charge is 0.497 e. The average molecular weight is 322 g/mol. The van der Waals surface area contributed by atoms with Gasteiger partial charge in [0.25, 0.3) is 0 Å². The number of hydrogen-bond donors (Lipinski definition) is 1. The normalized spacial score (nSPS) is 10.7. The summed E-state index contributed by atoms with van der Waals surface area (Å²) in [5.41, 5.74) is 7.33. The Morgan fingerprint density at radius 3 is 2.64 bits per heavy atom. The summed E-state index contributed by atoms with van der Waals surface area (Å²) in [5, 5.41) is 0. The molecular weight excluding hydrogens is 300 g/mol. The predicted molar refractivity (Wildman–Crippen MR) is 90.1 cm³/mol. The number of rotatable bonds is 7. The summed E-state index contributed by atoms with van der Waals surface area (Å²) in [6.45, 7) is 3.26. The molecule has 0 atom stereocenters. The second kappa shape index (κ2) is 7.47. The molecule has 1 aromatic heterocycles. The molecule has 22 heavy (non-hydrogen) atoms. The lowest BCUT2D eigenvalue weighted by Gasteiger charge is -2.13. The smallest absolute Gasteiger partial charge is 0.307 e. The standard InChI is InChI=1S/C16H22N2O3S/c1-11-15(18(16(19)22-11)9-5-4-8-17)13-10-12(20-2)6-7-14(13)21-3/h6-7,10H,4-5,8-9,17H2,1-3H3. The van der Waals surface area contributed by atoms with E-state index >= 15 is 0 Å². The summed E-state index contributed by atoms with van der Waals surface area (Å²) < 4.78 is 12.6. The van der Waals surface area contributed by atoms with Crippen molar-refractivity contribution >= 4 is 11.3 Å². The van der Waals surface area contributed by atoms with E-state index in [9.17, 15) is 4.79 Å². The molecule has 0 bridgehead atoms. The van der Waals surface area contributed by atoms with Gasteiger partial charge in [-0.05, 0) is 44.5 Å². The van der Waals surface area contributed by atoms with Crippen molar-refractivity contribution in [2.24, 2.45) is 5.73 Å². The molecule has 2 aromatic rings. The highest BCUT2D eigenvalue weighted by Gasteiger charge is 2.18. The van der Waals surface area contributed by atoms with Crippen LogP contribution >= 0.6 is 11.3 Å². The van der Waals surface area contributed by atoms with Crippen LogP contribution in [0.3, 0.4) is 0 Å². The van der Waals surface area contributed by atoms with Crippen LogP contribution < -0.4 is 20.1 Å². The van der Waals surface area contributed by atoms with Crippen molar-refractivity contribution in [2.75, 3.05) is 20.8 Å². The molecule has 120 valence electrons. The molecule has 0 unspecified atom stereocenters. The van der Waals surface area contributed by atoms with Crippen LogP contribution in [0.1, 0.15) is 17.7 Å². The lowest BCUT2D eigenvalue weighted by Crippen LogP contribution is -2.15. The lowest BCUT2D eigenvalue weighted by molar-refractivity contribution is 0.404. The molecule has 5 nitrogen and oxygen atoms in total. The number of nitrogens with zero attached hydrogens (tertiary/aromatic N) is 1. The number of benzene rings is 1. The van der Waals surface area contributed by atoms with Crippen LogP contribution in [-0.4, -0.2) is 25.3 Å². The van der Waals surface area contributed by atoms with Gasteiger partial charge in [-0.3, -0.25) is 9.36 Å². The highest BCUT2D eigenvalue weighted by molar-refractivity contribution is 7.09. The number of unbranched alkanes of at least 4 members (excludes halogenated alkanes) is 1. The van der Waals surface area contributed by atoms with Crippen molar-refractivity contribution < 1.29 is 9.47 Å². The van der Waals surface area contributed by atoms with E-state index in [1.807, 2.05) is 29.7 Å². The van der Waals surface area contributed by atoms with E-state index in [0.29, 0.717) is 13.1 Å². The topological polar surface area (TPSA) is 66.5 Å². The van der Waals surface area contributed by atoms with Gasteiger partial charge in [0.1, 0.15) is 11.5 Å². The van der Waals surface area contributed by atoms with Gasteiger partial charge in [-0.1, -0.05) is 11.3 Å². The summed E-state index contributed by atoms with van der Waals surface area (Å²) in [7, 11) is 3.25. The Morgan fingerprint density at radius 1 is 1.23 bits per heavy atom. The molecule has 2 rings (SSSR count). The first-order valence-electron chi connectivity index (χ1n) is 7.25. The van der Waals surface area contributed by atoms with Gasteiger partial charge in [0.05, 0.1) is 19.9 Å². The monoisotopic (exact) mass is 322 g/mol. The Morgan fingerprint density at radius 2 is 2.00 bits per heavy atom. The van der Waals surface area contributed by atoms with Crippen LogP contribution in [-0.2, 0) is 6.54 Å². The molecule has 1 aromatic carbocycles. The van der Waals surface area contributed by atoms with E-state index in [-0.39, 0.29) is 4.87 Å². The van der Waals surface area contributed by atoms with Crippen LogP contribution in [0, 0.1) is 6.92 Å². The molecule has 0 radical (unpaired) electrons. The Kier molecular flexibility index (Phi) is 5.63. The van der Waals surface area contributed by atoms with Crippen LogP contribution in [0.2, 0.25) is 0 Å². The number of aromatic nitrogens is 1. The summed E-state index contributed by atoms with van der Waals surface area (Å²) in [6.07, 6.45) is 1.78. The number of methoxy groups -OCH3 is 2. The number of thiazole rings is 1. The number of ether oxygens (including phenoxy) is 2. The lowest BCUT2D eigenvalue weighted by atomic mass is 10.1. The zero-order valence-corrected chi connectivity index (χ0v) is 14.0. The molecule has 0 fully saturated rings. The third-order valence-electron chi connectivity index (χ3n) is 3.56. The highest BCUT2D eigenvalue weighted by Crippen LogP contribution is 2.36. The minimum atomic E-state index is 0.0504. The Bertz CT molecular complexity index is 691.